The zero-order valence-corrected chi connectivity index (χ0v) is 15.0. The van der Waals surface area contributed by atoms with E-state index in [1.54, 1.807) is 0 Å². The average molecular weight is 371 g/mol. The lowest BCUT2D eigenvalue weighted by atomic mass is 9.85. The number of nitrogens with one attached hydrogen (secondary N) is 1. The summed E-state index contributed by atoms with van der Waals surface area (Å²) in [4.78, 5) is 0.411. The molecule has 1 saturated heterocycles. The van der Waals surface area contributed by atoms with Gasteiger partial charge in [-0.05, 0) is 53.7 Å². The number of rotatable bonds is 5. The second-order valence-electron chi connectivity index (χ2n) is 5.60. The Balaban J connectivity index is 2.19. The maximum absolute atomic E-state index is 6.03. The third-order valence-electron chi connectivity index (χ3n) is 4.40. The minimum Gasteiger partial charge on any atom is -0.389 e. The average Bonchev–Trinajstić information content (AvgIpc) is 2.47. The van der Waals surface area contributed by atoms with E-state index in [0.29, 0.717) is 11.0 Å². The van der Waals surface area contributed by atoms with Gasteiger partial charge in [-0.3, -0.25) is 0 Å². The molecule has 3 nitrogen and oxygen atoms in total. The van der Waals surface area contributed by atoms with Gasteiger partial charge in [-0.25, -0.2) is 0 Å². The number of ether oxygens (including phenoxy) is 1. The minimum absolute atomic E-state index is 0.00527. The van der Waals surface area contributed by atoms with Crippen LogP contribution in [0.15, 0.2) is 22.7 Å². The summed E-state index contributed by atoms with van der Waals surface area (Å²) in [6.07, 6.45) is 4.11. The Bertz CT molecular complexity index is 517. The summed E-state index contributed by atoms with van der Waals surface area (Å²) >= 11 is 8.71. The van der Waals surface area contributed by atoms with E-state index in [2.05, 4.69) is 35.1 Å². The predicted molar refractivity (Wildman–Crippen MR) is 95.9 cm³/mol. The van der Waals surface area contributed by atoms with Gasteiger partial charge in [-0.15, -0.1) is 0 Å². The molecule has 1 aliphatic rings. The van der Waals surface area contributed by atoms with E-state index < -0.39 is 0 Å². The lowest BCUT2D eigenvalue weighted by molar-refractivity contribution is -0.0864. The summed E-state index contributed by atoms with van der Waals surface area (Å²) in [5.74, 6) is 0. The molecule has 1 fully saturated rings. The lowest BCUT2D eigenvalue weighted by Gasteiger charge is -2.40. The quantitative estimate of drug-likeness (QED) is 0.761. The van der Waals surface area contributed by atoms with Gasteiger partial charge in [-0.1, -0.05) is 32.1 Å². The Morgan fingerprint density at radius 1 is 1.48 bits per heavy atom. The number of halogens is 1. The SMILES string of the molecule is CCC1(CC)CC(Nc2cccc(Br)c2C(N)=S)CCO1. The Labute approximate surface area is 140 Å². The van der Waals surface area contributed by atoms with Gasteiger partial charge in [0.1, 0.15) is 4.99 Å². The molecule has 0 aromatic heterocycles. The topological polar surface area (TPSA) is 47.3 Å². The molecule has 0 bridgehead atoms. The molecule has 1 aliphatic heterocycles. The molecule has 3 N–H and O–H groups in total. The highest BCUT2D eigenvalue weighted by Crippen LogP contribution is 2.34. The summed E-state index contributed by atoms with van der Waals surface area (Å²) in [5, 5.41) is 3.62. The molecule has 1 atom stereocenters. The number of benzene rings is 1. The molecule has 0 saturated carbocycles. The van der Waals surface area contributed by atoms with Crippen molar-refractivity contribution in [3.8, 4) is 0 Å². The molecule has 116 valence electrons. The first-order valence-electron chi connectivity index (χ1n) is 7.50. The summed E-state index contributed by atoms with van der Waals surface area (Å²) < 4.78 is 6.97. The van der Waals surface area contributed by atoms with Crippen LogP contribution in [0.5, 0.6) is 0 Å². The third-order valence-corrected chi connectivity index (χ3v) is 5.27. The van der Waals surface area contributed by atoms with E-state index in [1.165, 1.54) is 0 Å². The van der Waals surface area contributed by atoms with Crippen molar-refractivity contribution in [3.63, 3.8) is 0 Å². The fourth-order valence-electron chi connectivity index (χ4n) is 3.01. The largest absolute Gasteiger partial charge is 0.389 e. The lowest BCUT2D eigenvalue weighted by Crippen LogP contribution is -2.43. The van der Waals surface area contributed by atoms with E-state index in [1.807, 2.05) is 18.2 Å². The molecule has 0 aliphatic carbocycles. The van der Waals surface area contributed by atoms with Crippen molar-refractivity contribution in [2.24, 2.45) is 5.73 Å². The van der Waals surface area contributed by atoms with E-state index in [9.17, 15) is 0 Å². The van der Waals surface area contributed by atoms with Gasteiger partial charge in [0, 0.05) is 28.4 Å². The molecule has 0 amide bonds. The molecule has 21 heavy (non-hydrogen) atoms. The zero-order valence-electron chi connectivity index (χ0n) is 12.6. The smallest absolute Gasteiger partial charge is 0.107 e. The molecule has 2 rings (SSSR count). The first-order chi connectivity index (χ1) is 10.0. The van der Waals surface area contributed by atoms with Crippen LogP contribution in [0.25, 0.3) is 0 Å². The standard InChI is InChI=1S/C16H23BrN2OS/c1-3-16(4-2)10-11(8-9-20-16)19-13-7-5-6-12(17)14(13)15(18)21/h5-7,11,19H,3-4,8-10H2,1-2H3,(H2,18,21). The second-order valence-corrected chi connectivity index (χ2v) is 6.89. The van der Waals surface area contributed by atoms with Gasteiger partial charge in [0.2, 0.25) is 0 Å². The molecule has 1 heterocycles. The van der Waals surface area contributed by atoms with Crippen LogP contribution in [0.3, 0.4) is 0 Å². The van der Waals surface area contributed by atoms with Crippen LogP contribution in [-0.4, -0.2) is 23.2 Å². The fraction of sp³-hybridized carbons (Fsp3) is 0.562. The fourth-order valence-corrected chi connectivity index (χ4v) is 3.94. The van der Waals surface area contributed by atoms with Crippen LogP contribution in [-0.2, 0) is 4.74 Å². The van der Waals surface area contributed by atoms with Crippen molar-refractivity contribution >= 4 is 38.8 Å². The summed E-state index contributed by atoms with van der Waals surface area (Å²) in [6.45, 7) is 5.20. The Kier molecular flexibility index (Phi) is 5.63. The number of anilines is 1. The van der Waals surface area contributed by atoms with E-state index in [0.717, 1.165) is 48.0 Å². The summed E-state index contributed by atoms with van der Waals surface area (Å²) in [7, 11) is 0. The second kappa shape index (κ2) is 7.07. The molecule has 5 heteroatoms. The normalized spacial score (nSPS) is 21.0. The van der Waals surface area contributed by atoms with E-state index in [4.69, 9.17) is 22.7 Å². The molecular weight excluding hydrogens is 348 g/mol. The first kappa shape index (κ1) is 16.7. The number of nitrogens with two attached hydrogens (primary N) is 1. The summed E-state index contributed by atoms with van der Waals surface area (Å²) in [5.41, 5.74) is 7.76. The molecule has 0 spiro atoms. The van der Waals surface area contributed by atoms with E-state index in [-0.39, 0.29) is 5.60 Å². The number of hydrogen-bond donors (Lipinski definition) is 2. The van der Waals surface area contributed by atoms with Crippen LogP contribution < -0.4 is 11.1 Å². The van der Waals surface area contributed by atoms with Crippen LogP contribution in [0, 0.1) is 0 Å². The van der Waals surface area contributed by atoms with Gasteiger partial charge in [0.05, 0.1) is 5.60 Å². The molecule has 1 unspecified atom stereocenters. The highest BCUT2D eigenvalue weighted by atomic mass is 79.9. The van der Waals surface area contributed by atoms with Crippen molar-refractivity contribution in [2.45, 2.75) is 51.2 Å². The minimum atomic E-state index is 0.00527. The Morgan fingerprint density at radius 3 is 2.81 bits per heavy atom. The number of hydrogen-bond acceptors (Lipinski definition) is 3. The molecule has 1 aromatic rings. The van der Waals surface area contributed by atoms with Gasteiger partial charge in [-0.2, -0.15) is 0 Å². The maximum atomic E-state index is 6.03. The zero-order chi connectivity index (χ0) is 15.5. The van der Waals surface area contributed by atoms with Gasteiger partial charge in [0.15, 0.2) is 0 Å². The highest BCUT2D eigenvalue weighted by Gasteiger charge is 2.34. The Morgan fingerprint density at radius 2 is 2.19 bits per heavy atom. The molecular formula is C16H23BrN2OS. The molecule has 1 aromatic carbocycles. The van der Waals surface area contributed by atoms with Crippen LogP contribution in [0.1, 0.15) is 45.1 Å². The maximum Gasteiger partial charge on any atom is 0.107 e. The van der Waals surface area contributed by atoms with Crippen molar-refractivity contribution in [2.75, 3.05) is 11.9 Å². The van der Waals surface area contributed by atoms with Gasteiger partial charge < -0.3 is 15.8 Å². The van der Waals surface area contributed by atoms with Gasteiger partial charge in [0.25, 0.3) is 0 Å². The molecule has 0 radical (unpaired) electrons. The van der Waals surface area contributed by atoms with E-state index >= 15 is 0 Å². The van der Waals surface area contributed by atoms with Crippen LogP contribution >= 0.6 is 28.1 Å². The highest BCUT2D eigenvalue weighted by molar-refractivity contribution is 9.10. The Hall–Kier alpha value is -0.650. The first-order valence-corrected chi connectivity index (χ1v) is 8.70. The predicted octanol–water partition coefficient (Wildman–Crippen LogP) is 4.23. The number of thiocarbonyl (C=S) groups is 1. The van der Waals surface area contributed by atoms with Crippen molar-refractivity contribution < 1.29 is 4.74 Å². The third kappa shape index (κ3) is 3.76. The van der Waals surface area contributed by atoms with Crippen molar-refractivity contribution in [1.82, 2.24) is 0 Å². The van der Waals surface area contributed by atoms with Gasteiger partial charge >= 0.3 is 0 Å². The van der Waals surface area contributed by atoms with Crippen LogP contribution in [0.4, 0.5) is 5.69 Å². The van der Waals surface area contributed by atoms with Crippen molar-refractivity contribution in [3.05, 3.63) is 28.2 Å². The summed E-state index contributed by atoms with van der Waals surface area (Å²) in [6, 6.07) is 6.39. The van der Waals surface area contributed by atoms with Crippen LogP contribution in [0.2, 0.25) is 0 Å². The monoisotopic (exact) mass is 370 g/mol. The van der Waals surface area contributed by atoms with Crippen molar-refractivity contribution in [1.29, 1.82) is 0 Å².